The van der Waals surface area contributed by atoms with Gasteiger partial charge < -0.3 is 14.8 Å². The number of ether oxygens (including phenoxy) is 2. The highest BCUT2D eigenvalue weighted by atomic mass is 35.5. The number of halogens is 2. The molecule has 0 saturated carbocycles. The van der Waals surface area contributed by atoms with Gasteiger partial charge in [0.15, 0.2) is 11.5 Å². The van der Waals surface area contributed by atoms with Gasteiger partial charge >= 0.3 is 0 Å². The summed E-state index contributed by atoms with van der Waals surface area (Å²) in [5.74, 6) is -0.290. The first-order valence-corrected chi connectivity index (χ1v) is 5.90. The van der Waals surface area contributed by atoms with Gasteiger partial charge in [-0.25, -0.2) is 0 Å². The molecular formula is C12H15ClFNO2. The molecule has 3 nitrogen and oxygen atoms in total. The van der Waals surface area contributed by atoms with E-state index in [0.717, 1.165) is 24.9 Å². The number of rotatable bonds is 3. The van der Waals surface area contributed by atoms with Gasteiger partial charge in [0.05, 0.1) is 19.2 Å². The van der Waals surface area contributed by atoms with Crippen LogP contribution in [0.2, 0.25) is 5.02 Å². The molecule has 2 rings (SSSR count). The molecule has 1 aliphatic rings. The first kappa shape index (κ1) is 12.5. The maximum atomic E-state index is 14.1. The molecule has 1 atom stereocenters. The van der Waals surface area contributed by atoms with Crippen LogP contribution in [0.4, 0.5) is 4.39 Å². The van der Waals surface area contributed by atoms with Crippen molar-refractivity contribution >= 4 is 11.6 Å². The van der Waals surface area contributed by atoms with Gasteiger partial charge in [-0.3, -0.25) is 0 Å². The number of methoxy groups -OCH3 is 2. The first-order chi connectivity index (χ1) is 8.19. The van der Waals surface area contributed by atoms with Gasteiger partial charge in [-0.15, -0.1) is 0 Å². The Morgan fingerprint density at radius 1 is 1.35 bits per heavy atom. The van der Waals surface area contributed by atoms with Crippen LogP contribution in [0.3, 0.4) is 0 Å². The maximum Gasteiger partial charge on any atom is 0.208 e. The molecule has 1 fully saturated rings. The summed E-state index contributed by atoms with van der Waals surface area (Å²) in [6.45, 7) is 0.930. The van der Waals surface area contributed by atoms with Crippen LogP contribution in [-0.4, -0.2) is 20.8 Å². The fraction of sp³-hybridized carbons (Fsp3) is 0.500. The fourth-order valence-corrected chi connectivity index (χ4v) is 2.48. The Hall–Kier alpha value is -1.00. The topological polar surface area (TPSA) is 30.5 Å². The number of nitrogens with one attached hydrogen (secondary N) is 1. The smallest absolute Gasteiger partial charge is 0.208 e. The molecule has 17 heavy (non-hydrogen) atoms. The lowest BCUT2D eigenvalue weighted by atomic mass is 10.0. The zero-order valence-corrected chi connectivity index (χ0v) is 10.6. The van der Waals surface area contributed by atoms with Crippen molar-refractivity contribution in [2.45, 2.75) is 18.9 Å². The van der Waals surface area contributed by atoms with Crippen LogP contribution in [0.15, 0.2) is 6.07 Å². The summed E-state index contributed by atoms with van der Waals surface area (Å²) in [5.41, 5.74) is 0.758. The van der Waals surface area contributed by atoms with Crippen LogP contribution >= 0.6 is 11.6 Å². The predicted octanol–water partition coefficient (Wildman–Crippen LogP) is 2.92. The third-order valence-electron chi connectivity index (χ3n) is 3.00. The summed E-state index contributed by atoms with van der Waals surface area (Å²) in [4.78, 5) is 0. The van der Waals surface area contributed by atoms with Crippen LogP contribution in [0.25, 0.3) is 0 Å². The molecule has 1 aromatic carbocycles. The molecule has 5 heteroatoms. The molecule has 1 aliphatic heterocycles. The van der Waals surface area contributed by atoms with E-state index in [9.17, 15) is 4.39 Å². The quantitative estimate of drug-likeness (QED) is 0.905. The second kappa shape index (κ2) is 5.10. The van der Waals surface area contributed by atoms with E-state index in [1.54, 1.807) is 6.07 Å². The summed E-state index contributed by atoms with van der Waals surface area (Å²) in [5, 5.41) is 3.57. The van der Waals surface area contributed by atoms with Crippen molar-refractivity contribution in [3.63, 3.8) is 0 Å². The lowest BCUT2D eigenvalue weighted by Crippen LogP contribution is -2.14. The summed E-state index contributed by atoms with van der Waals surface area (Å²) < 4.78 is 24.1. The van der Waals surface area contributed by atoms with E-state index in [2.05, 4.69) is 5.32 Å². The van der Waals surface area contributed by atoms with Crippen molar-refractivity contribution in [2.75, 3.05) is 20.8 Å². The minimum absolute atomic E-state index is 0.0327. The molecule has 1 N–H and O–H groups in total. The molecule has 0 amide bonds. The summed E-state index contributed by atoms with van der Waals surface area (Å²) in [7, 11) is 2.83. The zero-order valence-electron chi connectivity index (χ0n) is 9.85. The first-order valence-electron chi connectivity index (χ1n) is 5.52. The summed E-state index contributed by atoms with van der Waals surface area (Å²) in [6.07, 6.45) is 2.03. The van der Waals surface area contributed by atoms with E-state index >= 15 is 0 Å². The normalized spacial score (nSPS) is 19.4. The molecular weight excluding hydrogens is 245 g/mol. The number of hydrogen-bond acceptors (Lipinski definition) is 3. The Morgan fingerprint density at radius 2 is 2.06 bits per heavy atom. The monoisotopic (exact) mass is 259 g/mol. The lowest BCUT2D eigenvalue weighted by molar-refractivity contribution is 0.344. The summed E-state index contributed by atoms with van der Waals surface area (Å²) in [6, 6.07) is 1.81. The maximum absolute atomic E-state index is 14.1. The van der Waals surface area contributed by atoms with E-state index in [1.807, 2.05) is 0 Å². The third-order valence-corrected chi connectivity index (χ3v) is 3.28. The van der Waals surface area contributed by atoms with Gasteiger partial charge in [-0.05, 0) is 25.5 Å². The van der Waals surface area contributed by atoms with Crippen molar-refractivity contribution in [3.8, 4) is 11.5 Å². The van der Waals surface area contributed by atoms with Crippen LogP contribution in [0.1, 0.15) is 24.4 Å². The third kappa shape index (κ3) is 2.19. The Morgan fingerprint density at radius 3 is 2.59 bits per heavy atom. The summed E-state index contributed by atoms with van der Waals surface area (Å²) >= 11 is 5.99. The molecule has 1 heterocycles. The highest BCUT2D eigenvalue weighted by Crippen LogP contribution is 2.41. The lowest BCUT2D eigenvalue weighted by Gasteiger charge is -2.18. The van der Waals surface area contributed by atoms with Crippen molar-refractivity contribution in [1.29, 1.82) is 0 Å². The van der Waals surface area contributed by atoms with E-state index < -0.39 is 5.82 Å². The highest BCUT2D eigenvalue weighted by molar-refractivity contribution is 6.32. The van der Waals surface area contributed by atoms with Gasteiger partial charge in [-0.2, -0.15) is 4.39 Å². The molecule has 0 bridgehead atoms. The van der Waals surface area contributed by atoms with Crippen LogP contribution < -0.4 is 14.8 Å². The second-order valence-corrected chi connectivity index (χ2v) is 4.38. The van der Waals surface area contributed by atoms with E-state index in [-0.39, 0.29) is 22.6 Å². The molecule has 0 aromatic heterocycles. The molecule has 94 valence electrons. The van der Waals surface area contributed by atoms with Crippen molar-refractivity contribution in [1.82, 2.24) is 5.32 Å². The van der Waals surface area contributed by atoms with Crippen LogP contribution in [0, 0.1) is 5.82 Å². The van der Waals surface area contributed by atoms with E-state index in [4.69, 9.17) is 21.1 Å². The van der Waals surface area contributed by atoms with E-state index in [1.165, 1.54) is 14.2 Å². The van der Waals surface area contributed by atoms with Gasteiger partial charge in [-0.1, -0.05) is 11.6 Å². The SMILES string of the molecule is COc1c(Cl)cc(C2CCCN2)c(OC)c1F. The molecule has 0 aliphatic carbocycles. The van der Waals surface area contributed by atoms with Crippen LogP contribution in [0.5, 0.6) is 11.5 Å². The van der Waals surface area contributed by atoms with Gasteiger partial charge in [0, 0.05) is 11.6 Å². The largest absolute Gasteiger partial charge is 0.493 e. The van der Waals surface area contributed by atoms with Gasteiger partial charge in [0.1, 0.15) is 0 Å². The van der Waals surface area contributed by atoms with Crippen LogP contribution in [-0.2, 0) is 0 Å². The van der Waals surface area contributed by atoms with E-state index in [0.29, 0.717) is 0 Å². The van der Waals surface area contributed by atoms with Crippen molar-refractivity contribution in [2.24, 2.45) is 0 Å². The molecule has 1 saturated heterocycles. The Balaban J connectivity index is 2.51. The average molecular weight is 260 g/mol. The molecule has 1 aromatic rings. The molecule has 0 radical (unpaired) electrons. The zero-order chi connectivity index (χ0) is 12.4. The van der Waals surface area contributed by atoms with Crippen molar-refractivity contribution < 1.29 is 13.9 Å². The Bertz CT molecular complexity index is 419. The number of benzene rings is 1. The van der Waals surface area contributed by atoms with Crippen molar-refractivity contribution in [3.05, 3.63) is 22.5 Å². The molecule has 1 unspecified atom stereocenters. The Labute approximate surface area is 105 Å². The van der Waals surface area contributed by atoms with Gasteiger partial charge in [0.25, 0.3) is 0 Å². The minimum Gasteiger partial charge on any atom is -0.493 e. The molecule has 0 spiro atoms. The second-order valence-electron chi connectivity index (χ2n) is 3.98. The standard InChI is InChI=1S/C12H15ClFNO2/c1-16-11-7(9-4-3-5-15-9)6-8(13)12(17-2)10(11)14/h6,9,15H,3-5H2,1-2H3. The average Bonchev–Trinajstić information content (AvgIpc) is 2.82. The Kier molecular flexibility index (Phi) is 3.74. The van der Waals surface area contributed by atoms with Gasteiger partial charge in [0.2, 0.25) is 5.82 Å². The fourth-order valence-electron chi connectivity index (χ4n) is 2.21. The predicted molar refractivity (Wildman–Crippen MR) is 64.5 cm³/mol. The highest BCUT2D eigenvalue weighted by Gasteiger charge is 2.26. The number of hydrogen-bond donors (Lipinski definition) is 1. The minimum atomic E-state index is -0.536.